The Hall–Kier alpha value is -3.45. The number of nitrogens with one attached hydrogen (secondary N) is 3. The van der Waals surface area contributed by atoms with Crippen LogP contribution in [0, 0.1) is 0 Å². The number of rotatable bonds is 4. The average Bonchev–Trinajstić information content (AvgIpc) is 3.27. The number of nitrogen functional groups attached to an aromatic ring is 1. The van der Waals surface area contributed by atoms with E-state index < -0.39 is 0 Å². The first-order chi connectivity index (χ1) is 12.6. The molecule has 4 aromatic rings. The standard InChI is InChI=1S/C19H17N5O2.ClH/c1-26-14-5-6-15-12(8-14)9-16(23-15)18(25)22-13-4-2-3-11(7-13)17-10-21-19(20)24-17;/h2-10,23H,1H3,(H,22,25)(H3,20,21,24);1H. The predicted molar refractivity (Wildman–Crippen MR) is 108 cm³/mol. The van der Waals surface area contributed by atoms with Gasteiger partial charge in [0.05, 0.1) is 19.0 Å². The number of methoxy groups -OCH3 is 1. The topological polar surface area (TPSA) is 109 Å². The molecule has 1 amide bonds. The van der Waals surface area contributed by atoms with Crippen LogP contribution in [0.3, 0.4) is 0 Å². The molecule has 0 spiro atoms. The molecule has 138 valence electrons. The summed E-state index contributed by atoms with van der Waals surface area (Å²) in [6.07, 6.45) is 1.65. The van der Waals surface area contributed by atoms with E-state index in [1.807, 2.05) is 42.5 Å². The third kappa shape index (κ3) is 3.73. The van der Waals surface area contributed by atoms with Gasteiger partial charge in [0.15, 0.2) is 5.95 Å². The van der Waals surface area contributed by atoms with Gasteiger partial charge in [0, 0.05) is 22.2 Å². The van der Waals surface area contributed by atoms with Gasteiger partial charge in [-0.1, -0.05) is 12.1 Å². The van der Waals surface area contributed by atoms with Crippen molar-refractivity contribution in [3.8, 4) is 17.0 Å². The molecule has 2 aromatic carbocycles. The van der Waals surface area contributed by atoms with Gasteiger partial charge in [-0.05, 0) is 36.4 Å². The molecular weight excluding hydrogens is 366 g/mol. The zero-order valence-corrected chi connectivity index (χ0v) is 15.3. The number of fused-ring (bicyclic) bond motifs is 1. The lowest BCUT2D eigenvalue weighted by Crippen LogP contribution is -2.12. The number of aromatic nitrogens is 3. The zero-order valence-electron chi connectivity index (χ0n) is 14.4. The minimum absolute atomic E-state index is 0. The van der Waals surface area contributed by atoms with Gasteiger partial charge in [0.1, 0.15) is 11.4 Å². The molecule has 8 heteroatoms. The molecule has 0 unspecified atom stereocenters. The van der Waals surface area contributed by atoms with E-state index in [-0.39, 0.29) is 18.3 Å². The molecule has 4 rings (SSSR count). The number of anilines is 2. The fourth-order valence-corrected chi connectivity index (χ4v) is 2.81. The molecule has 0 saturated heterocycles. The fourth-order valence-electron chi connectivity index (χ4n) is 2.81. The number of nitrogens with zero attached hydrogens (tertiary/aromatic N) is 1. The molecule has 27 heavy (non-hydrogen) atoms. The van der Waals surface area contributed by atoms with Gasteiger partial charge in [0.25, 0.3) is 5.91 Å². The first kappa shape index (κ1) is 18.3. The number of carbonyl (C=O) groups is 1. The summed E-state index contributed by atoms with van der Waals surface area (Å²) in [7, 11) is 1.61. The van der Waals surface area contributed by atoms with Crippen LogP contribution in [-0.4, -0.2) is 28.0 Å². The third-order valence-corrected chi connectivity index (χ3v) is 4.10. The van der Waals surface area contributed by atoms with E-state index in [0.717, 1.165) is 27.9 Å². The van der Waals surface area contributed by atoms with Crippen LogP contribution in [-0.2, 0) is 0 Å². The molecule has 0 aliphatic carbocycles. The minimum atomic E-state index is -0.221. The van der Waals surface area contributed by atoms with Crippen molar-refractivity contribution in [2.45, 2.75) is 0 Å². The van der Waals surface area contributed by atoms with Gasteiger partial charge in [-0.3, -0.25) is 4.79 Å². The molecular formula is C19H18ClN5O2. The summed E-state index contributed by atoms with van der Waals surface area (Å²) >= 11 is 0. The Morgan fingerprint density at radius 2 is 2.00 bits per heavy atom. The highest BCUT2D eigenvalue weighted by Gasteiger charge is 2.11. The number of carbonyl (C=O) groups excluding carboxylic acids is 1. The predicted octanol–water partition coefficient (Wildman–Crippen LogP) is 3.82. The van der Waals surface area contributed by atoms with Crippen molar-refractivity contribution < 1.29 is 9.53 Å². The van der Waals surface area contributed by atoms with Gasteiger partial charge in [-0.2, -0.15) is 0 Å². The van der Waals surface area contributed by atoms with E-state index >= 15 is 0 Å². The van der Waals surface area contributed by atoms with Crippen LogP contribution < -0.4 is 15.8 Å². The number of nitrogens with two attached hydrogens (primary N) is 1. The summed E-state index contributed by atoms with van der Waals surface area (Å²) in [6.45, 7) is 0. The molecule has 0 fully saturated rings. The number of aromatic amines is 2. The second kappa shape index (κ2) is 7.43. The molecule has 0 saturated carbocycles. The van der Waals surface area contributed by atoms with Crippen LogP contribution in [0.25, 0.3) is 22.2 Å². The van der Waals surface area contributed by atoms with Crippen molar-refractivity contribution in [1.82, 2.24) is 15.0 Å². The van der Waals surface area contributed by atoms with Crippen LogP contribution in [0.4, 0.5) is 11.6 Å². The van der Waals surface area contributed by atoms with E-state index in [0.29, 0.717) is 17.3 Å². The molecule has 0 radical (unpaired) electrons. The Morgan fingerprint density at radius 1 is 1.15 bits per heavy atom. The number of halogens is 1. The average molecular weight is 384 g/mol. The Morgan fingerprint density at radius 3 is 2.74 bits per heavy atom. The summed E-state index contributed by atoms with van der Waals surface area (Å²) in [4.78, 5) is 22.7. The van der Waals surface area contributed by atoms with E-state index in [1.165, 1.54) is 0 Å². The van der Waals surface area contributed by atoms with Crippen molar-refractivity contribution in [3.63, 3.8) is 0 Å². The summed E-state index contributed by atoms with van der Waals surface area (Å²) in [6, 6.07) is 14.9. The van der Waals surface area contributed by atoms with Crippen molar-refractivity contribution in [1.29, 1.82) is 0 Å². The Labute approximate surface area is 161 Å². The highest BCUT2D eigenvalue weighted by molar-refractivity contribution is 6.06. The number of ether oxygens (including phenoxy) is 1. The second-order valence-electron chi connectivity index (χ2n) is 5.85. The molecule has 0 aliphatic heterocycles. The summed E-state index contributed by atoms with van der Waals surface area (Å²) in [5.74, 6) is 0.874. The third-order valence-electron chi connectivity index (χ3n) is 4.10. The maximum absolute atomic E-state index is 12.6. The Bertz CT molecular complexity index is 1100. The van der Waals surface area contributed by atoms with E-state index in [2.05, 4.69) is 20.3 Å². The molecule has 0 aliphatic rings. The van der Waals surface area contributed by atoms with Crippen LogP contribution in [0.1, 0.15) is 10.5 Å². The number of imidazole rings is 1. The van der Waals surface area contributed by atoms with E-state index in [9.17, 15) is 4.79 Å². The van der Waals surface area contributed by atoms with E-state index in [4.69, 9.17) is 10.5 Å². The maximum Gasteiger partial charge on any atom is 0.272 e. The monoisotopic (exact) mass is 383 g/mol. The summed E-state index contributed by atoms with van der Waals surface area (Å²) < 4.78 is 5.21. The first-order valence-corrected chi connectivity index (χ1v) is 8.01. The normalized spacial score (nSPS) is 10.4. The quantitative estimate of drug-likeness (QED) is 0.429. The van der Waals surface area contributed by atoms with Crippen molar-refractivity contribution in [2.24, 2.45) is 0 Å². The smallest absolute Gasteiger partial charge is 0.272 e. The first-order valence-electron chi connectivity index (χ1n) is 8.01. The Kier molecular flexibility index (Phi) is 5.05. The van der Waals surface area contributed by atoms with Gasteiger partial charge in [0.2, 0.25) is 0 Å². The Balaban J connectivity index is 0.00000210. The minimum Gasteiger partial charge on any atom is -0.497 e. The van der Waals surface area contributed by atoms with Crippen LogP contribution in [0.5, 0.6) is 5.75 Å². The lowest BCUT2D eigenvalue weighted by molar-refractivity contribution is 0.102. The fraction of sp³-hybridized carbons (Fsp3) is 0.0526. The lowest BCUT2D eigenvalue weighted by Gasteiger charge is -2.05. The maximum atomic E-state index is 12.6. The lowest BCUT2D eigenvalue weighted by atomic mass is 10.1. The van der Waals surface area contributed by atoms with Crippen LogP contribution >= 0.6 is 12.4 Å². The molecule has 0 bridgehead atoms. The SMILES string of the molecule is COc1ccc2[nH]c(C(=O)Nc3cccc(-c4cnc(N)[nH]4)c3)cc2c1.Cl. The highest BCUT2D eigenvalue weighted by atomic mass is 35.5. The van der Waals surface area contributed by atoms with Crippen molar-refractivity contribution >= 4 is 40.9 Å². The second-order valence-corrected chi connectivity index (χ2v) is 5.85. The molecule has 5 N–H and O–H groups in total. The van der Waals surface area contributed by atoms with Crippen LogP contribution in [0.2, 0.25) is 0 Å². The molecule has 2 heterocycles. The van der Waals surface area contributed by atoms with E-state index in [1.54, 1.807) is 19.4 Å². The number of H-pyrrole nitrogens is 2. The molecule has 2 aromatic heterocycles. The zero-order chi connectivity index (χ0) is 18.1. The molecule has 0 atom stereocenters. The van der Waals surface area contributed by atoms with Gasteiger partial charge in [-0.15, -0.1) is 12.4 Å². The molecule has 7 nitrogen and oxygen atoms in total. The number of amides is 1. The number of benzene rings is 2. The van der Waals surface area contributed by atoms with Gasteiger partial charge >= 0.3 is 0 Å². The van der Waals surface area contributed by atoms with Crippen LogP contribution in [0.15, 0.2) is 54.7 Å². The highest BCUT2D eigenvalue weighted by Crippen LogP contribution is 2.24. The van der Waals surface area contributed by atoms with Gasteiger partial charge < -0.3 is 25.8 Å². The van der Waals surface area contributed by atoms with Crippen molar-refractivity contribution in [2.75, 3.05) is 18.2 Å². The number of hydrogen-bond acceptors (Lipinski definition) is 4. The summed E-state index contributed by atoms with van der Waals surface area (Å²) in [5.41, 5.74) is 9.32. The largest absolute Gasteiger partial charge is 0.497 e. The van der Waals surface area contributed by atoms with Crippen molar-refractivity contribution in [3.05, 3.63) is 60.4 Å². The summed E-state index contributed by atoms with van der Waals surface area (Å²) in [5, 5.41) is 3.81. The van der Waals surface area contributed by atoms with Gasteiger partial charge in [-0.25, -0.2) is 4.98 Å². The number of hydrogen-bond donors (Lipinski definition) is 4.